The Morgan fingerprint density at radius 1 is 1.17 bits per heavy atom. The fourth-order valence-corrected chi connectivity index (χ4v) is 5.33. The van der Waals surface area contributed by atoms with E-state index in [-0.39, 0.29) is 17.9 Å². The number of hydrogen-bond donors (Lipinski definition) is 1. The second-order valence-corrected chi connectivity index (χ2v) is 9.72. The Morgan fingerprint density at radius 3 is 2.66 bits per heavy atom. The van der Waals surface area contributed by atoms with Gasteiger partial charge in [0.1, 0.15) is 6.04 Å². The number of imide groups is 1. The molecule has 1 unspecified atom stereocenters. The average Bonchev–Trinajstić information content (AvgIpc) is 3.15. The maximum atomic E-state index is 12.5. The van der Waals surface area contributed by atoms with E-state index < -0.39 is 6.04 Å². The van der Waals surface area contributed by atoms with Gasteiger partial charge in [0.05, 0.1) is 17.8 Å². The maximum Gasteiger partial charge on any atom is 0.409 e. The molecule has 0 saturated carbocycles. The second kappa shape index (κ2) is 9.85. The first-order valence-electron chi connectivity index (χ1n) is 12.7. The molecule has 3 amide bonds. The van der Waals surface area contributed by atoms with Crippen molar-refractivity contribution in [1.29, 1.82) is 0 Å². The summed E-state index contributed by atoms with van der Waals surface area (Å²) < 4.78 is 7.10. The number of piperazine rings is 1. The Morgan fingerprint density at radius 2 is 1.94 bits per heavy atom. The highest BCUT2D eigenvalue weighted by atomic mass is 16.6. The summed E-state index contributed by atoms with van der Waals surface area (Å²) >= 11 is 0. The van der Waals surface area contributed by atoms with Crippen LogP contribution in [-0.2, 0) is 14.3 Å². The minimum atomic E-state index is -0.466. The second-order valence-electron chi connectivity index (χ2n) is 9.72. The van der Waals surface area contributed by atoms with E-state index in [2.05, 4.69) is 28.1 Å². The number of carbonyl (C=O) groups is 3. The molecule has 10 nitrogen and oxygen atoms in total. The number of benzene rings is 1. The van der Waals surface area contributed by atoms with Gasteiger partial charge in [0.15, 0.2) is 0 Å². The SMILES string of the molecule is CCCCOC(=O)N1CC(N2CCN(c3cccc4c3c(C)nn4C3CCC(=O)NC3=O)CC2)C1. The van der Waals surface area contributed by atoms with Crippen molar-refractivity contribution in [2.24, 2.45) is 0 Å². The van der Waals surface area contributed by atoms with Crippen LogP contribution in [0.2, 0.25) is 0 Å². The lowest BCUT2D eigenvalue weighted by Gasteiger charge is -2.47. The van der Waals surface area contributed by atoms with Crippen LogP contribution in [0.3, 0.4) is 0 Å². The highest BCUT2D eigenvalue weighted by Gasteiger charge is 2.37. The number of fused-ring (bicyclic) bond motifs is 1. The highest BCUT2D eigenvalue weighted by molar-refractivity contribution is 6.01. The molecule has 3 aliphatic heterocycles. The molecule has 1 aromatic heterocycles. The number of piperidine rings is 1. The summed E-state index contributed by atoms with van der Waals surface area (Å²) in [4.78, 5) is 42.8. The number of anilines is 1. The zero-order chi connectivity index (χ0) is 24.5. The minimum absolute atomic E-state index is 0.191. The molecule has 3 saturated heterocycles. The third-order valence-electron chi connectivity index (χ3n) is 7.41. The van der Waals surface area contributed by atoms with Crippen molar-refractivity contribution in [3.05, 3.63) is 23.9 Å². The van der Waals surface area contributed by atoms with Gasteiger partial charge in [0.25, 0.3) is 5.91 Å². The van der Waals surface area contributed by atoms with Crippen molar-refractivity contribution in [3.8, 4) is 0 Å². The van der Waals surface area contributed by atoms with E-state index in [1.807, 2.05) is 19.1 Å². The van der Waals surface area contributed by atoms with E-state index in [9.17, 15) is 14.4 Å². The Hall–Kier alpha value is -3.14. The van der Waals surface area contributed by atoms with Crippen LogP contribution in [0.1, 0.15) is 44.3 Å². The first-order valence-corrected chi connectivity index (χ1v) is 12.7. The summed E-state index contributed by atoms with van der Waals surface area (Å²) in [6.45, 7) is 9.67. The number of amides is 3. The molecule has 3 aliphatic rings. The van der Waals surface area contributed by atoms with Crippen molar-refractivity contribution in [1.82, 2.24) is 24.9 Å². The third kappa shape index (κ3) is 4.59. The van der Waals surface area contributed by atoms with Crippen LogP contribution in [0.4, 0.5) is 10.5 Å². The van der Waals surface area contributed by atoms with E-state index in [4.69, 9.17) is 9.84 Å². The summed E-state index contributed by atoms with van der Waals surface area (Å²) in [5, 5.41) is 8.23. The fraction of sp³-hybridized carbons (Fsp3) is 0.600. The number of ether oxygens (including phenoxy) is 1. The number of hydrogen-bond acceptors (Lipinski definition) is 7. The topological polar surface area (TPSA) is 100 Å². The predicted octanol–water partition coefficient (Wildman–Crippen LogP) is 2.07. The van der Waals surface area contributed by atoms with Gasteiger partial charge in [-0.05, 0) is 31.9 Å². The minimum Gasteiger partial charge on any atom is -0.449 e. The maximum absolute atomic E-state index is 12.5. The molecular formula is C25H34N6O4. The monoisotopic (exact) mass is 482 g/mol. The molecule has 2 aromatic rings. The van der Waals surface area contributed by atoms with Crippen molar-refractivity contribution in [2.75, 3.05) is 50.8 Å². The predicted molar refractivity (Wildman–Crippen MR) is 131 cm³/mol. The van der Waals surface area contributed by atoms with Gasteiger partial charge < -0.3 is 14.5 Å². The van der Waals surface area contributed by atoms with Crippen LogP contribution in [0, 0.1) is 6.92 Å². The van der Waals surface area contributed by atoms with Crippen LogP contribution >= 0.6 is 0 Å². The summed E-state index contributed by atoms with van der Waals surface area (Å²) in [7, 11) is 0. The van der Waals surface area contributed by atoms with Crippen LogP contribution in [0.25, 0.3) is 10.9 Å². The van der Waals surface area contributed by atoms with Gasteiger partial charge in [-0.3, -0.25) is 24.5 Å². The molecular weight excluding hydrogens is 448 g/mol. The van der Waals surface area contributed by atoms with Crippen molar-refractivity contribution in [2.45, 2.75) is 51.6 Å². The standard InChI is InChI=1S/C25H34N6O4/c1-3-4-14-35-25(34)30-15-18(16-30)28-10-12-29(13-11-28)19-6-5-7-20-23(19)17(2)27-31(20)21-8-9-22(32)26-24(21)33/h5-7,18,21H,3-4,8-16H2,1-2H3,(H,26,32,33). The quantitative estimate of drug-likeness (QED) is 0.497. The lowest BCUT2D eigenvalue weighted by Crippen LogP contribution is -2.64. The molecule has 3 fully saturated rings. The zero-order valence-electron chi connectivity index (χ0n) is 20.5. The molecule has 10 heteroatoms. The molecule has 0 bridgehead atoms. The van der Waals surface area contributed by atoms with Gasteiger partial charge in [-0.2, -0.15) is 5.10 Å². The number of likely N-dealkylation sites (tertiary alicyclic amines) is 1. The summed E-state index contributed by atoms with van der Waals surface area (Å²) in [6, 6.07) is 6.07. The Bertz CT molecular complexity index is 1120. The van der Waals surface area contributed by atoms with Crippen molar-refractivity contribution < 1.29 is 19.1 Å². The van der Waals surface area contributed by atoms with Gasteiger partial charge in [-0.1, -0.05) is 19.4 Å². The van der Waals surface area contributed by atoms with Crippen LogP contribution in [0.5, 0.6) is 0 Å². The largest absolute Gasteiger partial charge is 0.449 e. The van der Waals surface area contributed by atoms with Gasteiger partial charge in [0, 0.05) is 62.8 Å². The number of aryl methyl sites for hydroxylation is 1. The molecule has 5 rings (SSSR count). The van der Waals surface area contributed by atoms with E-state index >= 15 is 0 Å². The third-order valence-corrected chi connectivity index (χ3v) is 7.41. The molecule has 0 radical (unpaired) electrons. The van der Waals surface area contributed by atoms with Crippen LogP contribution in [-0.4, -0.2) is 89.4 Å². The zero-order valence-corrected chi connectivity index (χ0v) is 20.5. The summed E-state index contributed by atoms with van der Waals surface area (Å²) in [6.07, 6.45) is 2.53. The number of rotatable bonds is 6. The molecule has 0 aliphatic carbocycles. The fourth-order valence-electron chi connectivity index (χ4n) is 5.33. The van der Waals surface area contributed by atoms with Gasteiger partial charge in [-0.15, -0.1) is 0 Å². The molecule has 1 aromatic carbocycles. The highest BCUT2D eigenvalue weighted by Crippen LogP contribution is 2.33. The Kier molecular flexibility index (Phi) is 6.64. The lowest BCUT2D eigenvalue weighted by molar-refractivity contribution is -0.135. The first kappa shape index (κ1) is 23.6. The Balaban J connectivity index is 1.23. The number of nitrogens with zero attached hydrogens (tertiary/aromatic N) is 5. The number of carbonyl (C=O) groups excluding carboxylic acids is 3. The van der Waals surface area contributed by atoms with Gasteiger partial charge in [0.2, 0.25) is 5.91 Å². The van der Waals surface area contributed by atoms with E-state index in [1.54, 1.807) is 9.58 Å². The molecule has 4 heterocycles. The van der Waals surface area contributed by atoms with Crippen LogP contribution < -0.4 is 10.2 Å². The van der Waals surface area contributed by atoms with E-state index in [1.165, 1.54) is 0 Å². The first-order chi connectivity index (χ1) is 17.0. The number of unbranched alkanes of at least 4 members (excludes halogenated alkanes) is 1. The van der Waals surface area contributed by atoms with Gasteiger partial charge in [-0.25, -0.2) is 4.79 Å². The number of nitrogens with one attached hydrogen (secondary N) is 1. The van der Waals surface area contributed by atoms with Crippen molar-refractivity contribution in [3.63, 3.8) is 0 Å². The number of aromatic nitrogens is 2. The molecule has 188 valence electrons. The van der Waals surface area contributed by atoms with Crippen molar-refractivity contribution >= 4 is 34.5 Å². The molecule has 1 atom stereocenters. The summed E-state index contributed by atoms with van der Waals surface area (Å²) in [5.74, 6) is -0.505. The van der Waals surface area contributed by atoms with Gasteiger partial charge >= 0.3 is 6.09 Å². The normalized spacial score (nSPS) is 21.8. The van der Waals surface area contributed by atoms with E-state index in [0.717, 1.165) is 74.4 Å². The molecule has 1 N–H and O–H groups in total. The molecule has 35 heavy (non-hydrogen) atoms. The van der Waals surface area contributed by atoms with Crippen LogP contribution in [0.15, 0.2) is 18.2 Å². The smallest absolute Gasteiger partial charge is 0.409 e. The Labute approximate surface area is 205 Å². The average molecular weight is 483 g/mol. The summed E-state index contributed by atoms with van der Waals surface area (Å²) in [5.41, 5.74) is 2.94. The molecule has 0 spiro atoms. The lowest BCUT2D eigenvalue weighted by atomic mass is 10.1. The van der Waals surface area contributed by atoms with E-state index in [0.29, 0.717) is 25.5 Å².